The molecule has 0 bridgehead atoms. The van der Waals surface area contributed by atoms with Crippen molar-refractivity contribution >= 4 is 11.6 Å². The zero-order valence-electron chi connectivity index (χ0n) is 17.9. The minimum atomic E-state index is -0.417. The summed E-state index contributed by atoms with van der Waals surface area (Å²) in [6, 6.07) is 16.1. The highest BCUT2D eigenvalue weighted by molar-refractivity contribution is 5.99. The average molecular weight is 409 g/mol. The fourth-order valence-corrected chi connectivity index (χ4v) is 4.57. The molecule has 1 saturated carbocycles. The van der Waals surface area contributed by atoms with Crippen LogP contribution in [0.3, 0.4) is 0 Å². The van der Waals surface area contributed by atoms with E-state index in [0.717, 1.165) is 75.5 Å². The number of anilines is 1. The van der Waals surface area contributed by atoms with Crippen molar-refractivity contribution in [3.63, 3.8) is 0 Å². The molecule has 1 N–H and O–H groups in total. The third-order valence-corrected chi connectivity index (χ3v) is 6.35. The van der Waals surface area contributed by atoms with Gasteiger partial charge in [0, 0.05) is 25.3 Å². The molecule has 1 aliphatic heterocycles. The van der Waals surface area contributed by atoms with Gasteiger partial charge in [-0.1, -0.05) is 42.7 Å². The van der Waals surface area contributed by atoms with Crippen LogP contribution < -0.4 is 10.1 Å². The Balaban J connectivity index is 1.35. The maximum absolute atomic E-state index is 13.3. The van der Waals surface area contributed by atoms with Gasteiger partial charge in [-0.05, 0) is 49.6 Å². The third kappa shape index (κ3) is 4.85. The number of hydrogen-bond acceptors (Lipinski definition) is 4. The first-order chi connectivity index (χ1) is 14.7. The van der Waals surface area contributed by atoms with Crippen LogP contribution in [0.15, 0.2) is 48.5 Å². The van der Waals surface area contributed by atoms with E-state index in [1.54, 1.807) is 0 Å². The molecule has 30 heavy (non-hydrogen) atoms. The second-order valence-corrected chi connectivity index (χ2v) is 8.44. The molecular formula is C25H32N2O3. The maximum Gasteiger partial charge on any atom is 0.235 e. The van der Waals surface area contributed by atoms with Gasteiger partial charge < -0.3 is 14.8 Å². The molecular weight excluding hydrogens is 376 g/mol. The van der Waals surface area contributed by atoms with Crippen LogP contribution >= 0.6 is 0 Å². The van der Waals surface area contributed by atoms with Crippen molar-refractivity contribution in [1.82, 2.24) is 4.90 Å². The minimum absolute atomic E-state index is 0.103. The van der Waals surface area contributed by atoms with E-state index in [1.807, 2.05) is 24.3 Å². The van der Waals surface area contributed by atoms with E-state index in [1.165, 1.54) is 5.56 Å². The van der Waals surface area contributed by atoms with Crippen molar-refractivity contribution in [1.29, 1.82) is 0 Å². The van der Waals surface area contributed by atoms with Crippen LogP contribution in [0.2, 0.25) is 0 Å². The van der Waals surface area contributed by atoms with Crippen molar-refractivity contribution < 1.29 is 14.3 Å². The van der Waals surface area contributed by atoms with Crippen LogP contribution in [0, 0.1) is 6.92 Å². The number of carbonyl (C=O) groups excluding carboxylic acids is 1. The Morgan fingerprint density at radius 3 is 2.53 bits per heavy atom. The number of benzene rings is 2. The molecule has 0 unspecified atom stereocenters. The zero-order valence-corrected chi connectivity index (χ0v) is 17.9. The van der Waals surface area contributed by atoms with Crippen LogP contribution in [0.25, 0.3) is 0 Å². The Labute approximate surface area is 179 Å². The first-order valence-corrected chi connectivity index (χ1v) is 11.1. The summed E-state index contributed by atoms with van der Waals surface area (Å²) in [5.41, 5.74) is 2.74. The molecule has 5 nitrogen and oxygen atoms in total. The lowest BCUT2D eigenvalue weighted by Gasteiger charge is -2.28. The van der Waals surface area contributed by atoms with Crippen LogP contribution in [-0.4, -0.2) is 50.3 Å². The van der Waals surface area contributed by atoms with Gasteiger partial charge in [0.2, 0.25) is 5.91 Å². The van der Waals surface area contributed by atoms with Crippen LogP contribution in [0.4, 0.5) is 5.69 Å². The van der Waals surface area contributed by atoms with E-state index in [2.05, 4.69) is 41.4 Å². The molecule has 0 atom stereocenters. The minimum Gasteiger partial charge on any atom is -0.492 e. The molecule has 0 spiro atoms. The Hall–Kier alpha value is -2.37. The van der Waals surface area contributed by atoms with Crippen molar-refractivity contribution in [3.05, 3.63) is 59.7 Å². The van der Waals surface area contributed by atoms with Gasteiger partial charge in [-0.3, -0.25) is 9.69 Å². The Kier molecular flexibility index (Phi) is 6.70. The summed E-state index contributed by atoms with van der Waals surface area (Å²) in [7, 11) is 0. The molecule has 5 heteroatoms. The Morgan fingerprint density at radius 1 is 1.10 bits per heavy atom. The summed E-state index contributed by atoms with van der Waals surface area (Å²) < 4.78 is 11.2. The van der Waals surface area contributed by atoms with Gasteiger partial charge in [-0.15, -0.1) is 0 Å². The predicted molar refractivity (Wildman–Crippen MR) is 119 cm³/mol. The monoisotopic (exact) mass is 408 g/mol. The predicted octanol–water partition coefficient (Wildman–Crippen LogP) is 4.16. The molecule has 4 rings (SSSR count). The molecule has 160 valence electrons. The van der Waals surface area contributed by atoms with Crippen LogP contribution in [0.1, 0.15) is 36.8 Å². The summed E-state index contributed by atoms with van der Waals surface area (Å²) >= 11 is 0. The topological polar surface area (TPSA) is 50.8 Å². The fraction of sp³-hybridized carbons (Fsp3) is 0.480. The summed E-state index contributed by atoms with van der Waals surface area (Å²) in [4.78, 5) is 15.7. The van der Waals surface area contributed by atoms with Gasteiger partial charge in [0.25, 0.3) is 0 Å². The summed E-state index contributed by atoms with van der Waals surface area (Å²) in [5, 5.41) is 3.16. The summed E-state index contributed by atoms with van der Waals surface area (Å²) in [6.45, 7) is 7.19. The molecule has 2 aromatic rings. The lowest BCUT2D eigenvalue weighted by molar-refractivity contribution is -0.121. The highest BCUT2D eigenvalue weighted by atomic mass is 16.5. The van der Waals surface area contributed by atoms with E-state index < -0.39 is 5.41 Å². The number of carbonyl (C=O) groups is 1. The van der Waals surface area contributed by atoms with Crippen molar-refractivity contribution in [2.45, 2.75) is 38.0 Å². The number of nitrogens with zero attached hydrogens (tertiary/aromatic N) is 1. The first-order valence-electron chi connectivity index (χ1n) is 11.1. The normalized spacial score (nSPS) is 18.8. The molecule has 2 fully saturated rings. The van der Waals surface area contributed by atoms with Gasteiger partial charge in [0.15, 0.2) is 0 Å². The van der Waals surface area contributed by atoms with Crippen LogP contribution in [-0.2, 0) is 14.9 Å². The lowest BCUT2D eigenvalue weighted by Crippen LogP contribution is -2.38. The van der Waals surface area contributed by atoms with Crippen LogP contribution in [0.5, 0.6) is 5.75 Å². The van der Waals surface area contributed by atoms with Gasteiger partial charge >= 0.3 is 0 Å². The number of nitrogens with one attached hydrogen (secondary N) is 1. The lowest BCUT2D eigenvalue weighted by atomic mass is 9.77. The molecule has 0 aromatic heterocycles. The molecule has 2 aromatic carbocycles. The van der Waals surface area contributed by atoms with Gasteiger partial charge in [-0.25, -0.2) is 0 Å². The SMILES string of the molecule is Cc1cccc(C2(C(=O)Nc3ccc(OCCN4CCOCC4)cc3)CCCC2)c1. The third-order valence-electron chi connectivity index (χ3n) is 6.35. The molecule has 1 amide bonds. The van der Waals surface area contributed by atoms with E-state index in [0.29, 0.717) is 6.61 Å². The summed E-state index contributed by atoms with van der Waals surface area (Å²) in [6.07, 6.45) is 4.00. The molecule has 1 saturated heterocycles. The maximum atomic E-state index is 13.3. The van der Waals surface area contributed by atoms with Gasteiger partial charge in [-0.2, -0.15) is 0 Å². The number of ether oxygens (including phenoxy) is 2. The Bertz CT molecular complexity index is 838. The van der Waals surface area contributed by atoms with Crippen molar-refractivity contribution in [3.8, 4) is 5.75 Å². The van der Waals surface area contributed by atoms with Gasteiger partial charge in [0.05, 0.1) is 18.6 Å². The number of amides is 1. The second kappa shape index (κ2) is 9.63. The molecule has 0 radical (unpaired) electrons. The number of rotatable bonds is 7. The average Bonchev–Trinajstić information content (AvgIpc) is 3.27. The number of morpholine rings is 1. The molecule has 2 aliphatic rings. The number of aryl methyl sites for hydroxylation is 1. The van der Waals surface area contributed by atoms with E-state index >= 15 is 0 Å². The van der Waals surface area contributed by atoms with Crippen molar-refractivity contribution in [2.24, 2.45) is 0 Å². The quantitative estimate of drug-likeness (QED) is 0.748. The number of hydrogen-bond donors (Lipinski definition) is 1. The summed E-state index contributed by atoms with van der Waals surface area (Å²) in [5.74, 6) is 0.933. The molecule has 1 aliphatic carbocycles. The Morgan fingerprint density at radius 2 is 1.83 bits per heavy atom. The van der Waals surface area contributed by atoms with Crippen molar-refractivity contribution in [2.75, 3.05) is 44.8 Å². The van der Waals surface area contributed by atoms with E-state index in [9.17, 15) is 4.79 Å². The highest BCUT2D eigenvalue weighted by Gasteiger charge is 2.42. The standard InChI is InChI=1S/C25H32N2O3/c1-20-5-4-6-21(19-20)25(11-2-3-12-25)24(28)26-22-7-9-23(10-8-22)30-18-15-27-13-16-29-17-14-27/h4-10,19H,2-3,11-18H2,1H3,(H,26,28). The second-order valence-electron chi connectivity index (χ2n) is 8.44. The zero-order chi connectivity index (χ0) is 20.8. The largest absolute Gasteiger partial charge is 0.492 e. The fourth-order valence-electron chi connectivity index (χ4n) is 4.57. The molecule has 1 heterocycles. The van der Waals surface area contributed by atoms with E-state index in [-0.39, 0.29) is 5.91 Å². The smallest absolute Gasteiger partial charge is 0.235 e. The highest BCUT2D eigenvalue weighted by Crippen LogP contribution is 2.42. The van der Waals surface area contributed by atoms with Gasteiger partial charge in [0.1, 0.15) is 12.4 Å². The first kappa shape index (κ1) is 20.9. The van der Waals surface area contributed by atoms with E-state index in [4.69, 9.17) is 9.47 Å².